The third-order valence-electron chi connectivity index (χ3n) is 3.60. The van der Waals surface area contributed by atoms with Gasteiger partial charge in [-0.15, -0.1) is 0 Å². The van der Waals surface area contributed by atoms with Crippen LogP contribution in [0, 0.1) is 0 Å². The summed E-state index contributed by atoms with van der Waals surface area (Å²) in [6.07, 6.45) is 0. The number of hydrogen-bond acceptors (Lipinski definition) is 4. The highest BCUT2D eigenvalue weighted by Crippen LogP contribution is 2.23. The lowest BCUT2D eigenvalue weighted by Gasteiger charge is -2.11. The van der Waals surface area contributed by atoms with Gasteiger partial charge in [-0.1, -0.05) is 35.3 Å². The maximum atomic E-state index is 12.6. The lowest BCUT2D eigenvalue weighted by molar-refractivity contribution is 0.598. The van der Waals surface area contributed by atoms with Gasteiger partial charge in [0.1, 0.15) is 0 Å². The van der Waals surface area contributed by atoms with Crippen molar-refractivity contribution in [2.45, 2.75) is 9.79 Å². The number of benzene rings is 3. The summed E-state index contributed by atoms with van der Waals surface area (Å²) in [6, 6.07) is 17.3. The minimum absolute atomic E-state index is 0.00205. The van der Waals surface area contributed by atoms with E-state index in [0.717, 1.165) is 0 Å². The fourth-order valence-corrected chi connectivity index (χ4v) is 4.78. The summed E-state index contributed by atoms with van der Waals surface area (Å²) in [5.74, 6) is 0. The van der Waals surface area contributed by atoms with Gasteiger partial charge >= 0.3 is 0 Å². The van der Waals surface area contributed by atoms with Crippen molar-refractivity contribution in [2.24, 2.45) is 0 Å². The molecule has 0 saturated carbocycles. The number of anilines is 2. The van der Waals surface area contributed by atoms with Gasteiger partial charge in [0, 0.05) is 10.0 Å². The van der Waals surface area contributed by atoms with Gasteiger partial charge in [0.15, 0.2) is 0 Å². The molecule has 0 saturated heterocycles. The van der Waals surface area contributed by atoms with Crippen LogP contribution in [0.3, 0.4) is 0 Å². The second-order valence-corrected chi connectivity index (χ2v) is 9.94. The van der Waals surface area contributed by atoms with E-state index in [-0.39, 0.29) is 15.5 Å². The fraction of sp³-hybridized carbons (Fsp3) is 0. The van der Waals surface area contributed by atoms with Crippen molar-refractivity contribution in [3.05, 3.63) is 82.8 Å². The van der Waals surface area contributed by atoms with Crippen LogP contribution in [0.25, 0.3) is 0 Å². The van der Waals surface area contributed by atoms with Gasteiger partial charge in [0.25, 0.3) is 20.0 Å². The second kappa shape index (κ2) is 8.00. The maximum absolute atomic E-state index is 12.6. The predicted octanol–water partition coefficient (Wildman–Crippen LogP) is 4.60. The van der Waals surface area contributed by atoms with Crippen LogP contribution in [-0.4, -0.2) is 16.8 Å². The molecule has 0 aromatic heterocycles. The van der Waals surface area contributed by atoms with Crippen LogP contribution in [0.4, 0.5) is 11.4 Å². The SMILES string of the molecule is O=S(=O)(Nc1cccc(S(=O)(=O)Nc2cccc(Cl)c2)c1)c1ccc(Cl)cc1. The van der Waals surface area contributed by atoms with E-state index < -0.39 is 20.0 Å². The van der Waals surface area contributed by atoms with E-state index in [1.165, 1.54) is 54.6 Å². The van der Waals surface area contributed by atoms with E-state index in [0.29, 0.717) is 15.7 Å². The number of sulfonamides is 2. The Kier molecular flexibility index (Phi) is 5.85. The number of rotatable bonds is 6. The largest absolute Gasteiger partial charge is 0.280 e. The van der Waals surface area contributed by atoms with E-state index in [1.54, 1.807) is 18.2 Å². The lowest BCUT2D eigenvalue weighted by Crippen LogP contribution is -2.15. The van der Waals surface area contributed by atoms with Gasteiger partial charge in [0.05, 0.1) is 21.2 Å². The van der Waals surface area contributed by atoms with Crippen LogP contribution in [0.15, 0.2) is 82.6 Å². The van der Waals surface area contributed by atoms with Crippen LogP contribution < -0.4 is 9.44 Å². The van der Waals surface area contributed by atoms with E-state index in [4.69, 9.17) is 23.2 Å². The summed E-state index contributed by atoms with van der Waals surface area (Å²) in [4.78, 5) is -0.106. The molecule has 2 N–H and O–H groups in total. The Hall–Kier alpha value is -2.26. The molecule has 0 amide bonds. The van der Waals surface area contributed by atoms with Gasteiger partial charge < -0.3 is 0 Å². The summed E-state index contributed by atoms with van der Waals surface area (Å²) < 4.78 is 54.9. The third kappa shape index (κ3) is 4.96. The minimum Gasteiger partial charge on any atom is -0.280 e. The first-order chi connectivity index (χ1) is 13.2. The molecule has 146 valence electrons. The average molecular weight is 457 g/mol. The second-order valence-electron chi connectivity index (χ2n) is 5.70. The molecule has 10 heteroatoms. The van der Waals surface area contributed by atoms with Crippen LogP contribution >= 0.6 is 23.2 Å². The fourth-order valence-electron chi connectivity index (χ4n) is 2.32. The standard InChI is InChI=1S/C18H14Cl2N2O4S2/c19-13-7-9-17(10-8-13)27(23,24)22-16-5-2-6-18(12-16)28(25,26)21-15-4-1-3-14(20)11-15/h1-12,21-22H. The van der Waals surface area contributed by atoms with Crippen LogP contribution in [0.5, 0.6) is 0 Å². The highest BCUT2D eigenvalue weighted by Gasteiger charge is 2.18. The van der Waals surface area contributed by atoms with Crippen molar-refractivity contribution in [2.75, 3.05) is 9.44 Å². The topological polar surface area (TPSA) is 92.3 Å². The van der Waals surface area contributed by atoms with Gasteiger partial charge in [-0.25, -0.2) is 16.8 Å². The minimum atomic E-state index is -3.94. The van der Waals surface area contributed by atoms with Crippen molar-refractivity contribution in [3.8, 4) is 0 Å². The van der Waals surface area contributed by atoms with E-state index in [9.17, 15) is 16.8 Å². The molecule has 28 heavy (non-hydrogen) atoms. The lowest BCUT2D eigenvalue weighted by atomic mass is 10.3. The van der Waals surface area contributed by atoms with Crippen molar-refractivity contribution in [3.63, 3.8) is 0 Å². The molecule has 0 aliphatic carbocycles. The molecular formula is C18H14Cl2N2O4S2. The molecule has 3 rings (SSSR count). The van der Waals surface area contributed by atoms with Gasteiger partial charge in [-0.05, 0) is 60.7 Å². The Morgan fingerprint density at radius 1 is 0.571 bits per heavy atom. The Morgan fingerprint density at radius 3 is 1.71 bits per heavy atom. The highest BCUT2D eigenvalue weighted by molar-refractivity contribution is 7.93. The van der Waals surface area contributed by atoms with Crippen molar-refractivity contribution in [1.82, 2.24) is 0 Å². The molecule has 0 atom stereocenters. The zero-order valence-corrected chi connectivity index (χ0v) is 17.3. The Morgan fingerprint density at radius 2 is 1.11 bits per heavy atom. The molecule has 0 radical (unpaired) electrons. The highest BCUT2D eigenvalue weighted by atomic mass is 35.5. The Labute approximate surface area is 173 Å². The third-order valence-corrected chi connectivity index (χ3v) is 6.86. The van der Waals surface area contributed by atoms with Crippen molar-refractivity contribution < 1.29 is 16.8 Å². The molecule has 0 bridgehead atoms. The maximum Gasteiger partial charge on any atom is 0.261 e. The summed E-state index contributed by atoms with van der Waals surface area (Å²) >= 11 is 11.6. The smallest absolute Gasteiger partial charge is 0.261 e. The van der Waals surface area contributed by atoms with Gasteiger partial charge in [-0.3, -0.25) is 9.44 Å². The molecule has 3 aromatic rings. The van der Waals surface area contributed by atoms with Crippen LogP contribution in [0.1, 0.15) is 0 Å². The number of halogens is 2. The molecular weight excluding hydrogens is 443 g/mol. The molecule has 0 heterocycles. The molecule has 6 nitrogen and oxygen atoms in total. The summed E-state index contributed by atoms with van der Waals surface area (Å²) in [6.45, 7) is 0. The van der Waals surface area contributed by atoms with Crippen LogP contribution in [0.2, 0.25) is 10.0 Å². The van der Waals surface area contributed by atoms with Crippen LogP contribution in [-0.2, 0) is 20.0 Å². The zero-order valence-electron chi connectivity index (χ0n) is 14.1. The average Bonchev–Trinajstić information content (AvgIpc) is 2.61. The summed E-state index contributed by atoms with van der Waals surface area (Å²) in [5, 5.41) is 0.781. The van der Waals surface area contributed by atoms with E-state index in [2.05, 4.69) is 9.44 Å². The molecule has 3 aromatic carbocycles. The monoisotopic (exact) mass is 456 g/mol. The normalized spacial score (nSPS) is 11.8. The quantitative estimate of drug-likeness (QED) is 0.566. The Balaban J connectivity index is 1.86. The molecule has 0 aliphatic heterocycles. The molecule has 0 unspecified atom stereocenters. The number of nitrogens with one attached hydrogen (secondary N) is 2. The molecule has 0 aliphatic rings. The first-order valence-electron chi connectivity index (χ1n) is 7.83. The Bertz CT molecular complexity index is 1210. The van der Waals surface area contributed by atoms with Crippen molar-refractivity contribution in [1.29, 1.82) is 0 Å². The van der Waals surface area contributed by atoms with E-state index in [1.807, 2.05) is 0 Å². The summed E-state index contributed by atoms with van der Waals surface area (Å²) in [5.41, 5.74) is 0.392. The van der Waals surface area contributed by atoms with Gasteiger partial charge in [-0.2, -0.15) is 0 Å². The van der Waals surface area contributed by atoms with Crippen molar-refractivity contribution >= 4 is 54.6 Å². The molecule has 0 fully saturated rings. The number of hydrogen-bond donors (Lipinski definition) is 2. The summed E-state index contributed by atoms with van der Waals surface area (Å²) in [7, 11) is -7.84. The predicted molar refractivity (Wildman–Crippen MR) is 111 cm³/mol. The zero-order chi connectivity index (χ0) is 20.4. The molecule has 0 spiro atoms. The van der Waals surface area contributed by atoms with E-state index >= 15 is 0 Å². The van der Waals surface area contributed by atoms with Gasteiger partial charge in [0.2, 0.25) is 0 Å². The first kappa shape index (κ1) is 20.5. The first-order valence-corrected chi connectivity index (χ1v) is 11.5.